The summed E-state index contributed by atoms with van der Waals surface area (Å²) >= 11 is 0. The molecular weight excluding hydrogens is 324 g/mol. The van der Waals surface area contributed by atoms with Crippen molar-refractivity contribution in [2.45, 2.75) is 4.90 Å². The maximum Gasteiger partial charge on any atom is 0.261 e. The lowest BCUT2D eigenvalue weighted by Gasteiger charge is -2.10. The Labute approximate surface area is 140 Å². The number of hydrogen-bond donors (Lipinski definition) is 1. The Morgan fingerprint density at radius 2 is 1.92 bits per heavy atom. The Morgan fingerprint density at radius 1 is 1.17 bits per heavy atom. The first-order valence-electron chi connectivity index (χ1n) is 7.10. The first-order valence-corrected chi connectivity index (χ1v) is 8.59. The lowest BCUT2D eigenvalue weighted by molar-refractivity contribution is 0.601. The smallest absolute Gasteiger partial charge is 0.261 e. The molecule has 1 aromatic heterocycles. The molecule has 0 aliphatic carbocycles. The van der Waals surface area contributed by atoms with E-state index in [2.05, 4.69) is 9.71 Å². The van der Waals surface area contributed by atoms with E-state index in [0.717, 1.165) is 11.4 Å². The summed E-state index contributed by atoms with van der Waals surface area (Å²) in [5, 5.41) is 8.79. The molecule has 0 saturated carbocycles. The zero-order valence-electron chi connectivity index (χ0n) is 12.8. The van der Waals surface area contributed by atoms with Gasteiger partial charge >= 0.3 is 0 Å². The van der Waals surface area contributed by atoms with Crippen LogP contribution in [0, 0.1) is 11.3 Å². The van der Waals surface area contributed by atoms with E-state index in [-0.39, 0.29) is 4.90 Å². The number of aromatic nitrogens is 2. The van der Waals surface area contributed by atoms with Crippen molar-refractivity contribution in [1.82, 2.24) is 9.55 Å². The van der Waals surface area contributed by atoms with Gasteiger partial charge in [0.05, 0.1) is 16.5 Å². The number of hydrogen-bond acceptors (Lipinski definition) is 4. The molecule has 0 spiro atoms. The van der Waals surface area contributed by atoms with Gasteiger partial charge in [-0.1, -0.05) is 12.1 Å². The summed E-state index contributed by atoms with van der Waals surface area (Å²) in [7, 11) is -1.85. The molecular formula is C17H14N4O2S. The molecule has 2 aromatic carbocycles. The number of imidazole rings is 1. The predicted molar refractivity (Wildman–Crippen MR) is 90.6 cm³/mol. The Bertz CT molecular complexity index is 1020. The maximum absolute atomic E-state index is 12.5. The number of sulfonamides is 1. The van der Waals surface area contributed by atoms with Crippen molar-refractivity contribution in [3.8, 4) is 17.5 Å². The molecule has 0 bridgehead atoms. The van der Waals surface area contributed by atoms with Crippen molar-refractivity contribution in [2.75, 3.05) is 4.72 Å². The molecule has 0 unspecified atom stereocenters. The van der Waals surface area contributed by atoms with Crippen molar-refractivity contribution < 1.29 is 8.42 Å². The van der Waals surface area contributed by atoms with Crippen LogP contribution in [-0.4, -0.2) is 18.0 Å². The van der Waals surface area contributed by atoms with Gasteiger partial charge in [-0.2, -0.15) is 5.26 Å². The molecule has 0 fully saturated rings. The average molecular weight is 338 g/mol. The van der Waals surface area contributed by atoms with Crippen LogP contribution in [0.3, 0.4) is 0 Å². The molecule has 0 saturated heterocycles. The number of nitriles is 1. The average Bonchev–Trinajstić information content (AvgIpc) is 3.01. The van der Waals surface area contributed by atoms with Gasteiger partial charge in [0.25, 0.3) is 10.0 Å². The molecule has 0 aliphatic rings. The lowest BCUT2D eigenvalue weighted by atomic mass is 10.2. The Balaban J connectivity index is 1.90. The molecule has 7 heteroatoms. The first kappa shape index (κ1) is 15.8. The van der Waals surface area contributed by atoms with E-state index >= 15 is 0 Å². The number of rotatable bonds is 4. The molecule has 6 nitrogen and oxygen atoms in total. The summed E-state index contributed by atoms with van der Waals surface area (Å²) in [6.45, 7) is 0. The number of nitrogens with zero attached hydrogens (tertiary/aromatic N) is 3. The molecule has 0 amide bonds. The summed E-state index contributed by atoms with van der Waals surface area (Å²) in [4.78, 5) is 4.36. The van der Waals surface area contributed by atoms with Gasteiger partial charge in [0.1, 0.15) is 5.82 Å². The zero-order chi connectivity index (χ0) is 17.2. The Hall–Kier alpha value is -3.11. The molecule has 0 atom stereocenters. The third kappa shape index (κ3) is 3.14. The van der Waals surface area contributed by atoms with Crippen LogP contribution in [0.5, 0.6) is 0 Å². The minimum absolute atomic E-state index is 0.101. The SMILES string of the molecule is Cn1ccnc1-c1cccc(NS(=O)(=O)c2ccc(C#N)cc2)c1. The molecule has 24 heavy (non-hydrogen) atoms. The molecule has 1 heterocycles. The van der Waals surface area contributed by atoms with Gasteiger partial charge in [0.2, 0.25) is 0 Å². The van der Waals surface area contributed by atoms with E-state index in [1.165, 1.54) is 24.3 Å². The highest BCUT2D eigenvalue weighted by Gasteiger charge is 2.14. The van der Waals surface area contributed by atoms with E-state index < -0.39 is 10.0 Å². The second-order valence-corrected chi connectivity index (χ2v) is 6.87. The topological polar surface area (TPSA) is 87.8 Å². The van der Waals surface area contributed by atoms with Crippen molar-refractivity contribution in [3.63, 3.8) is 0 Å². The van der Waals surface area contributed by atoms with Crippen LogP contribution in [-0.2, 0) is 17.1 Å². The highest BCUT2D eigenvalue weighted by Crippen LogP contribution is 2.23. The van der Waals surface area contributed by atoms with Gasteiger partial charge in [-0.3, -0.25) is 4.72 Å². The number of nitrogens with one attached hydrogen (secondary N) is 1. The molecule has 0 aliphatic heterocycles. The van der Waals surface area contributed by atoms with Gasteiger partial charge in [-0.15, -0.1) is 0 Å². The van der Waals surface area contributed by atoms with Gasteiger partial charge in [-0.05, 0) is 36.4 Å². The summed E-state index contributed by atoms with van der Waals surface area (Å²) in [5.41, 5.74) is 1.66. The first-order chi connectivity index (χ1) is 11.5. The summed E-state index contributed by atoms with van der Waals surface area (Å²) in [6, 6.07) is 14.7. The predicted octanol–water partition coefficient (Wildman–Crippen LogP) is 2.76. The largest absolute Gasteiger partial charge is 0.334 e. The van der Waals surface area contributed by atoms with Gasteiger partial charge in [0, 0.05) is 30.7 Å². The normalized spacial score (nSPS) is 11.0. The monoisotopic (exact) mass is 338 g/mol. The minimum Gasteiger partial charge on any atom is -0.334 e. The molecule has 120 valence electrons. The van der Waals surface area contributed by atoms with Crippen LogP contribution in [0.15, 0.2) is 65.8 Å². The molecule has 3 rings (SSSR count). The summed E-state index contributed by atoms with van der Waals surface area (Å²) < 4.78 is 29.3. The summed E-state index contributed by atoms with van der Waals surface area (Å²) in [6.07, 6.45) is 3.51. The van der Waals surface area contributed by atoms with Gasteiger partial charge in [-0.25, -0.2) is 13.4 Å². The lowest BCUT2D eigenvalue weighted by Crippen LogP contribution is -2.13. The highest BCUT2D eigenvalue weighted by atomic mass is 32.2. The Morgan fingerprint density at radius 3 is 2.54 bits per heavy atom. The van der Waals surface area contributed by atoms with E-state index in [1.54, 1.807) is 24.4 Å². The van der Waals surface area contributed by atoms with E-state index in [9.17, 15) is 8.42 Å². The van der Waals surface area contributed by atoms with Gasteiger partial charge < -0.3 is 4.57 Å². The van der Waals surface area contributed by atoms with Crippen LogP contribution in [0.25, 0.3) is 11.4 Å². The van der Waals surface area contributed by atoms with Crippen molar-refractivity contribution in [2.24, 2.45) is 7.05 Å². The fraction of sp³-hybridized carbons (Fsp3) is 0.0588. The van der Waals surface area contributed by atoms with Crippen LogP contribution in [0.4, 0.5) is 5.69 Å². The van der Waals surface area contributed by atoms with E-state index in [0.29, 0.717) is 11.3 Å². The fourth-order valence-corrected chi connectivity index (χ4v) is 3.34. The van der Waals surface area contributed by atoms with Crippen LogP contribution < -0.4 is 4.72 Å². The number of aryl methyl sites for hydroxylation is 1. The van der Waals surface area contributed by atoms with Crippen LogP contribution in [0.1, 0.15) is 5.56 Å². The maximum atomic E-state index is 12.5. The van der Waals surface area contributed by atoms with E-state index in [4.69, 9.17) is 5.26 Å². The van der Waals surface area contributed by atoms with Crippen LogP contribution in [0.2, 0.25) is 0 Å². The third-order valence-electron chi connectivity index (χ3n) is 3.49. The van der Waals surface area contributed by atoms with E-state index in [1.807, 2.05) is 29.9 Å². The van der Waals surface area contributed by atoms with Crippen LogP contribution >= 0.6 is 0 Å². The second kappa shape index (κ2) is 6.18. The zero-order valence-corrected chi connectivity index (χ0v) is 13.7. The number of benzene rings is 2. The van der Waals surface area contributed by atoms with Crippen molar-refractivity contribution in [3.05, 3.63) is 66.5 Å². The van der Waals surface area contributed by atoms with Crippen molar-refractivity contribution >= 4 is 15.7 Å². The highest BCUT2D eigenvalue weighted by molar-refractivity contribution is 7.92. The van der Waals surface area contributed by atoms with Crippen molar-refractivity contribution in [1.29, 1.82) is 5.26 Å². The minimum atomic E-state index is -3.72. The van der Waals surface area contributed by atoms with Gasteiger partial charge in [0.15, 0.2) is 0 Å². The molecule has 1 N–H and O–H groups in total. The third-order valence-corrected chi connectivity index (χ3v) is 4.89. The summed E-state index contributed by atoms with van der Waals surface area (Å²) in [5.74, 6) is 0.745. The molecule has 3 aromatic rings. The standard InChI is InChI=1S/C17H14N4O2S/c1-21-10-9-19-17(21)14-3-2-4-15(11-14)20-24(22,23)16-7-5-13(12-18)6-8-16/h2-11,20H,1H3. The second-order valence-electron chi connectivity index (χ2n) is 5.18. The quantitative estimate of drug-likeness (QED) is 0.792. The number of anilines is 1. The fourth-order valence-electron chi connectivity index (χ4n) is 2.29. The Kier molecular flexibility index (Phi) is 4.06. The molecule has 0 radical (unpaired) electrons.